The monoisotopic (exact) mass is 1160 g/mol. The molecule has 3 aromatic carbocycles. The van der Waals surface area contributed by atoms with Crippen LogP contribution >= 0.6 is 27.3 Å². The van der Waals surface area contributed by atoms with Crippen molar-refractivity contribution < 1.29 is 38.3 Å². The van der Waals surface area contributed by atoms with Gasteiger partial charge in [0.2, 0.25) is 17.7 Å². The zero-order valence-electron chi connectivity index (χ0n) is 46.5. The fourth-order valence-corrected chi connectivity index (χ4v) is 14.2. The second-order valence-corrected chi connectivity index (χ2v) is 25.8. The maximum atomic E-state index is 14.6. The summed E-state index contributed by atoms with van der Waals surface area (Å²) in [5.41, 5.74) is 7.39. The van der Waals surface area contributed by atoms with E-state index in [2.05, 4.69) is 62.5 Å². The molecule has 0 unspecified atom stereocenters. The third-order valence-electron chi connectivity index (χ3n) is 17.6. The summed E-state index contributed by atoms with van der Waals surface area (Å²) in [6, 6.07) is 16.4. The van der Waals surface area contributed by atoms with E-state index in [-0.39, 0.29) is 60.9 Å². The van der Waals surface area contributed by atoms with E-state index in [1.807, 2.05) is 94.7 Å². The molecule has 2 aliphatic carbocycles. The van der Waals surface area contributed by atoms with Gasteiger partial charge in [-0.05, 0) is 155 Å². The third kappa shape index (κ3) is 11.3. The first-order valence-corrected chi connectivity index (χ1v) is 30.2. The number of aryl methyl sites for hydroxylation is 1. The van der Waals surface area contributed by atoms with Crippen molar-refractivity contribution in [3.63, 3.8) is 0 Å². The normalized spacial score (nSPS) is 21.9. The number of aliphatic hydroxyl groups excluding tert-OH is 1. The molecule has 0 spiro atoms. The molecule has 3 saturated heterocycles. The minimum absolute atomic E-state index is 0.0147. The maximum absolute atomic E-state index is 14.6. The van der Waals surface area contributed by atoms with Gasteiger partial charge in [-0.1, -0.05) is 51.1 Å². The van der Waals surface area contributed by atoms with Crippen LogP contribution in [0.2, 0.25) is 0 Å². The van der Waals surface area contributed by atoms with Crippen molar-refractivity contribution in [1.29, 1.82) is 0 Å². The van der Waals surface area contributed by atoms with Gasteiger partial charge in [0.1, 0.15) is 40.9 Å². The highest BCUT2D eigenvalue weighted by atomic mass is 79.9. The number of halogens is 1. The van der Waals surface area contributed by atoms with Crippen molar-refractivity contribution in [2.75, 3.05) is 66.7 Å². The summed E-state index contributed by atoms with van der Waals surface area (Å²) < 4.78 is 24.7. The molecule has 3 amide bonds. The smallest absolute Gasteiger partial charge is 0.371 e. The van der Waals surface area contributed by atoms with E-state index in [0.29, 0.717) is 38.0 Å². The highest BCUT2D eigenvalue weighted by Crippen LogP contribution is 2.42. The number of carbonyl (C=O) groups is 3. The first kappa shape index (κ1) is 55.6. The molecule has 422 valence electrons. The van der Waals surface area contributed by atoms with Crippen LogP contribution in [0.1, 0.15) is 126 Å². The minimum Gasteiger partial charge on any atom is -0.490 e. The van der Waals surface area contributed by atoms with E-state index in [1.54, 1.807) is 11.3 Å². The lowest BCUT2D eigenvalue weighted by Gasteiger charge is -2.37. The van der Waals surface area contributed by atoms with Gasteiger partial charge in [-0.15, -0.1) is 11.3 Å². The number of likely N-dealkylation sites (N-methyl/N-ethyl adjacent to an activating group) is 1. The van der Waals surface area contributed by atoms with Crippen LogP contribution < -0.4 is 25.5 Å². The number of nitrogens with zero attached hydrogens (tertiary/aromatic N) is 6. The van der Waals surface area contributed by atoms with Crippen LogP contribution in [0, 0.1) is 12.3 Å². The first-order chi connectivity index (χ1) is 38.0. The molecule has 6 aromatic rings. The van der Waals surface area contributed by atoms with Crippen molar-refractivity contribution in [2.24, 2.45) is 5.41 Å². The van der Waals surface area contributed by atoms with Crippen LogP contribution in [0.4, 0.5) is 0 Å². The second-order valence-electron chi connectivity index (χ2n) is 24.1. The Balaban J connectivity index is 0.797. The molecule has 3 aromatic heterocycles. The van der Waals surface area contributed by atoms with Gasteiger partial charge in [-0.3, -0.25) is 24.1 Å². The number of aliphatic hydroxyl groups is 1. The Morgan fingerprint density at radius 1 is 1.01 bits per heavy atom. The molecule has 2 saturated carbocycles. The molecule has 5 aliphatic rings. The summed E-state index contributed by atoms with van der Waals surface area (Å²) in [7, 11) is 3.75. The minimum atomic E-state index is -0.949. The van der Waals surface area contributed by atoms with E-state index < -0.39 is 35.2 Å². The Hall–Kier alpha value is -5.28. The molecule has 11 rings (SSSR count). The van der Waals surface area contributed by atoms with E-state index in [0.717, 1.165) is 125 Å². The van der Waals surface area contributed by atoms with Gasteiger partial charge >= 0.3 is 11.3 Å². The number of ether oxygens (including phenoxy) is 3. The van der Waals surface area contributed by atoms with Gasteiger partial charge in [0.25, 0.3) is 0 Å². The van der Waals surface area contributed by atoms with Gasteiger partial charge in [0.15, 0.2) is 5.52 Å². The molecular weight excluding hydrogens is 1090 g/mol. The van der Waals surface area contributed by atoms with Crippen LogP contribution in [-0.2, 0) is 23.9 Å². The van der Waals surface area contributed by atoms with Gasteiger partial charge in [-0.25, -0.2) is 14.5 Å². The Labute approximate surface area is 474 Å². The number of amides is 3. The number of piperidine rings is 1. The van der Waals surface area contributed by atoms with Crippen molar-refractivity contribution >= 4 is 72.7 Å². The van der Waals surface area contributed by atoms with Gasteiger partial charge < -0.3 is 39.8 Å². The number of hydrogen-bond donors (Lipinski definition) is 4. The Morgan fingerprint density at radius 2 is 1.77 bits per heavy atom. The summed E-state index contributed by atoms with van der Waals surface area (Å²) in [5.74, 6) is 0.934. The number of likely N-dealkylation sites (tertiary alicyclic amines) is 2. The number of β-amino-alcohol motifs (C(OH)–C–C–N with tert-alkyl or cyclic N) is 1. The molecule has 6 heterocycles. The topological polar surface area (TPSA) is 187 Å². The number of aromatic nitrogens is 4. The fourth-order valence-electron chi connectivity index (χ4n) is 12.8. The highest BCUT2D eigenvalue weighted by molar-refractivity contribution is 9.10. The molecule has 4 N–H and O–H groups in total. The second kappa shape index (κ2) is 22.9. The summed E-state index contributed by atoms with van der Waals surface area (Å²) in [5, 5.41) is 18.0. The van der Waals surface area contributed by atoms with Gasteiger partial charge in [0.05, 0.1) is 59.1 Å². The zero-order chi connectivity index (χ0) is 55.3. The standard InChI is InChI=1S/C60H76BrN9O8S/c1-36-52(79-35-62-36)39-18-16-38(17-19-39)45(63-54(72)49-29-41(71)32-68(49)56(74)53(59(2,3)4)64-57(75)60(22-23-60)66(5)6)34-76-28-26-67-24-20-37(21-25-67)43-30-47-48(31-50(43)78-33-42-13-10-27-77-42)70-46-15-9-14-44(61)51(46)55(73)65-58(70)69(47)40-11-7-8-12-40/h9,14-19,30-31,35,37,40-42,45,49,53,71H,7-8,10-13,20-29,32-34H2,1-6H3,(H2,63,64,72,75)/p+1/t41-,42+,45+,49+,53-/m1/s1. The van der Waals surface area contributed by atoms with Gasteiger partial charge in [-0.2, -0.15) is 4.40 Å². The quantitative estimate of drug-likeness (QED) is 0.0488. The van der Waals surface area contributed by atoms with Gasteiger partial charge in [0, 0.05) is 42.2 Å². The molecule has 5 atom stereocenters. The number of H-pyrrole nitrogens is 1. The predicted molar refractivity (Wildman–Crippen MR) is 308 cm³/mol. The Kier molecular flexibility index (Phi) is 16.1. The fraction of sp³-hybridized carbons (Fsp3) is 0.567. The summed E-state index contributed by atoms with van der Waals surface area (Å²) in [6.45, 7) is 12.0. The molecule has 3 aliphatic heterocycles. The molecule has 17 nitrogen and oxygen atoms in total. The first-order valence-electron chi connectivity index (χ1n) is 28.6. The van der Waals surface area contributed by atoms with E-state index in [4.69, 9.17) is 14.2 Å². The number of imidazole rings is 1. The predicted octanol–water partition coefficient (Wildman–Crippen LogP) is 7.73. The summed E-state index contributed by atoms with van der Waals surface area (Å²) in [4.78, 5) is 71.2. The Bertz CT molecular complexity index is 3270. The third-order valence-corrected chi connectivity index (χ3v) is 19.3. The molecule has 0 bridgehead atoms. The van der Waals surface area contributed by atoms with Crippen molar-refractivity contribution in [2.45, 2.75) is 146 Å². The number of hydrogen-bond acceptors (Lipinski definition) is 12. The number of aromatic amines is 1. The van der Waals surface area contributed by atoms with Crippen LogP contribution in [0.15, 0.2) is 69.4 Å². The lowest BCUT2D eigenvalue weighted by Crippen LogP contribution is -2.60. The largest absolute Gasteiger partial charge is 0.490 e. The number of rotatable bonds is 18. The zero-order valence-corrected chi connectivity index (χ0v) is 48.9. The lowest BCUT2D eigenvalue weighted by molar-refractivity contribution is -0.674. The number of carbonyl (C=O) groups excluding carboxylic acids is 3. The maximum Gasteiger partial charge on any atom is 0.371 e. The molecular formula is C60H77BrN9O8S+. The number of fused-ring (bicyclic) bond motifs is 5. The molecule has 79 heavy (non-hydrogen) atoms. The van der Waals surface area contributed by atoms with E-state index >= 15 is 0 Å². The Morgan fingerprint density at radius 3 is 2.44 bits per heavy atom. The SMILES string of the molecule is Cc1ncsc1-c1ccc([C@H](COCCN2CCC(c3cc4c(cc3OC[C@@H]3CCCO3)n3c5cccc(Br)c5c(=O)[nH]c3[n+]4C3CCCC3)CC2)NC(=O)[C@@H]2C[C@@H](O)CN2C(=O)[C@@H](NC(=O)C2(N(C)C)CC2)C(C)(C)C)cc1. The molecule has 5 fully saturated rings. The average Bonchev–Trinajstić information content (AvgIpc) is 4.26. The van der Waals surface area contributed by atoms with Crippen LogP contribution in [0.25, 0.3) is 38.2 Å². The molecule has 19 heteroatoms. The lowest BCUT2D eigenvalue weighted by atomic mass is 9.85. The van der Waals surface area contributed by atoms with E-state index in [1.165, 1.54) is 10.5 Å². The van der Waals surface area contributed by atoms with Crippen molar-refractivity contribution in [1.82, 2.24) is 39.7 Å². The average molecular weight is 1160 g/mol. The molecule has 0 radical (unpaired) electrons. The summed E-state index contributed by atoms with van der Waals surface area (Å²) >= 11 is 5.25. The van der Waals surface area contributed by atoms with Crippen molar-refractivity contribution in [3.05, 3.63) is 91.8 Å². The van der Waals surface area contributed by atoms with Crippen LogP contribution in [-0.4, -0.2) is 148 Å². The summed E-state index contributed by atoms with van der Waals surface area (Å²) in [6.07, 6.45) is 8.91. The van der Waals surface area contributed by atoms with E-state index in [9.17, 15) is 24.3 Å². The van der Waals surface area contributed by atoms with Crippen LogP contribution in [0.3, 0.4) is 0 Å². The highest BCUT2D eigenvalue weighted by Gasteiger charge is 2.54. The van der Waals surface area contributed by atoms with Crippen molar-refractivity contribution in [3.8, 4) is 16.2 Å². The van der Waals surface area contributed by atoms with Crippen LogP contribution in [0.5, 0.6) is 5.75 Å². The number of thiazole rings is 1. The number of nitrogens with one attached hydrogen (secondary N) is 3. The number of benzene rings is 3.